The summed E-state index contributed by atoms with van der Waals surface area (Å²) in [6, 6.07) is 3.35. The lowest BCUT2D eigenvalue weighted by atomic mass is 9.42. The van der Waals surface area contributed by atoms with Crippen molar-refractivity contribution in [2.24, 2.45) is 22.7 Å². The molecule has 160 valence electrons. The standard InChI is InChI=1S/C24H34O5/c1-21-9-5-16(25)13-23(21,27)11-7-19-18(21)6-10-22(2)17(8-12-24(19,22)28)15-3-4-20(26)29-14-15/h3-4,14,16-19,25,27-28H,5-13H2,1-2H3/t16?,17?,18?,19?,21-,22-,23+,24+/m1/s1. The Balaban J connectivity index is 1.50. The lowest BCUT2D eigenvalue weighted by molar-refractivity contribution is -0.253. The van der Waals surface area contributed by atoms with Crippen molar-refractivity contribution in [1.29, 1.82) is 0 Å². The normalized spacial score (nSPS) is 51.8. The number of hydrogen-bond acceptors (Lipinski definition) is 5. The zero-order chi connectivity index (χ0) is 20.7. The molecule has 4 aliphatic carbocycles. The van der Waals surface area contributed by atoms with Gasteiger partial charge in [0.1, 0.15) is 0 Å². The molecule has 4 fully saturated rings. The van der Waals surface area contributed by atoms with Gasteiger partial charge in [0.05, 0.1) is 23.6 Å². The Morgan fingerprint density at radius 1 is 0.931 bits per heavy atom. The predicted molar refractivity (Wildman–Crippen MR) is 108 cm³/mol. The van der Waals surface area contributed by atoms with Gasteiger partial charge in [-0.1, -0.05) is 13.8 Å². The second-order valence-corrected chi connectivity index (χ2v) is 11.0. The largest absolute Gasteiger partial charge is 0.431 e. The molecule has 0 aromatic carbocycles. The van der Waals surface area contributed by atoms with E-state index in [-0.39, 0.29) is 34.2 Å². The average molecular weight is 403 g/mol. The highest BCUT2D eigenvalue weighted by molar-refractivity contribution is 5.27. The van der Waals surface area contributed by atoms with Crippen molar-refractivity contribution in [2.45, 2.75) is 94.9 Å². The van der Waals surface area contributed by atoms with Crippen LogP contribution in [0.4, 0.5) is 0 Å². The van der Waals surface area contributed by atoms with Gasteiger partial charge in [-0.2, -0.15) is 0 Å². The van der Waals surface area contributed by atoms with Gasteiger partial charge in [0.25, 0.3) is 0 Å². The third-order valence-corrected chi connectivity index (χ3v) is 10.1. The van der Waals surface area contributed by atoms with Gasteiger partial charge in [0, 0.05) is 17.9 Å². The molecule has 3 N–H and O–H groups in total. The molecule has 1 aromatic heterocycles. The third-order valence-electron chi connectivity index (χ3n) is 10.1. The van der Waals surface area contributed by atoms with E-state index in [9.17, 15) is 20.1 Å². The van der Waals surface area contributed by atoms with Crippen molar-refractivity contribution < 1.29 is 19.7 Å². The Kier molecular flexibility index (Phi) is 4.21. The minimum atomic E-state index is -0.823. The Hall–Kier alpha value is -1.17. The van der Waals surface area contributed by atoms with Gasteiger partial charge >= 0.3 is 5.63 Å². The molecule has 0 spiro atoms. The quantitative estimate of drug-likeness (QED) is 0.670. The first kappa shape index (κ1) is 19.8. The third kappa shape index (κ3) is 2.47. The van der Waals surface area contributed by atoms with Crippen LogP contribution in [0, 0.1) is 22.7 Å². The summed E-state index contributed by atoms with van der Waals surface area (Å²) in [6.45, 7) is 4.43. The highest BCUT2D eigenvalue weighted by Gasteiger charge is 2.69. The second kappa shape index (κ2) is 6.18. The molecule has 0 radical (unpaired) electrons. The van der Waals surface area contributed by atoms with E-state index < -0.39 is 17.3 Å². The molecular weight excluding hydrogens is 368 g/mol. The molecule has 5 heteroatoms. The highest BCUT2D eigenvalue weighted by Crippen LogP contribution is 2.71. The van der Waals surface area contributed by atoms with E-state index in [1.807, 2.05) is 6.07 Å². The number of aliphatic hydroxyl groups excluding tert-OH is 1. The summed E-state index contributed by atoms with van der Waals surface area (Å²) >= 11 is 0. The van der Waals surface area contributed by atoms with Gasteiger partial charge < -0.3 is 19.7 Å². The fourth-order valence-corrected chi connectivity index (χ4v) is 8.30. The summed E-state index contributed by atoms with van der Waals surface area (Å²) in [7, 11) is 0. The Bertz CT molecular complexity index is 845. The predicted octanol–water partition coefficient (Wildman–Crippen LogP) is 3.36. The fraction of sp³-hybridized carbons (Fsp3) is 0.792. The zero-order valence-corrected chi connectivity index (χ0v) is 17.6. The van der Waals surface area contributed by atoms with Crippen molar-refractivity contribution in [3.8, 4) is 0 Å². The number of aliphatic hydroxyl groups is 3. The van der Waals surface area contributed by atoms with Crippen LogP contribution in [0.25, 0.3) is 0 Å². The van der Waals surface area contributed by atoms with Crippen LogP contribution in [0.2, 0.25) is 0 Å². The summed E-state index contributed by atoms with van der Waals surface area (Å²) in [4.78, 5) is 11.4. The van der Waals surface area contributed by atoms with Crippen molar-refractivity contribution in [3.05, 3.63) is 34.4 Å². The fourth-order valence-electron chi connectivity index (χ4n) is 8.30. The monoisotopic (exact) mass is 402 g/mol. The summed E-state index contributed by atoms with van der Waals surface area (Å²) < 4.78 is 5.15. The first-order valence-electron chi connectivity index (χ1n) is 11.3. The van der Waals surface area contributed by atoms with Crippen molar-refractivity contribution in [1.82, 2.24) is 0 Å². The summed E-state index contributed by atoms with van der Waals surface area (Å²) in [5.74, 6) is 0.626. The topological polar surface area (TPSA) is 90.9 Å². The smallest absolute Gasteiger partial charge is 0.335 e. The molecule has 0 aliphatic heterocycles. The van der Waals surface area contributed by atoms with Gasteiger partial charge in [-0.3, -0.25) is 0 Å². The van der Waals surface area contributed by atoms with E-state index in [0.717, 1.165) is 50.5 Å². The van der Waals surface area contributed by atoms with Gasteiger partial charge in [0.15, 0.2) is 0 Å². The van der Waals surface area contributed by atoms with Crippen molar-refractivity contribution in [3.63, 3.8) is 0 Å². The van der Waals surface area contributed by atoms with E-state index in [1.54, 1.807) is 6.26 Å². The average Bonchev–Trinajstić information content (AvgIpc) is 2.95. The molecule has 1 heterocycles. The van der Waals surface area contributed by atoms with E-state index >= 15 is 0 Å². The van der Waals surface area contributed by atoms with Gasteiger partial charge in [0.2, 0.25) is 0 Å². The second-order valence-electron chi connectivity index (χ2n) is 11.0. The summed E-state index contributed by atoms with van der Waals surface area (Å²) in [6.07, 6.45) is 8.22. The molecule has 4 aliphatic rings. The lowest BCUT2D eigenvalue weighted by Gasteiger charge is -2.66. The minimum absolute atomic E-state index is 0.169. The van der Waals surface area contributed by atoms with Crippen molar-refractivity contribution in [2.75, 3.05) is 0 Å². The Morgan fingerprint density at radius 2 is 1.66 bits per heavy atom. The van der Waals surface area contributed by atoms with Crippen LogP contribution in [0.5, 0.6) is 0 Å². The number of fused-ring (bicyclic) bond motifs is 5. The molecule has 29 heavy (non-hydrogen) atoms. The molecule has 0 bridgehead atoms. The molecule has 5 rings (SSSR count). The van der Waals surface area contributed by atoms with Gasteiger partial charge in [-0.15, -0.1) is 0 Å². The van der Waals surface area contributed by atoms with Crippen LogP contribution in [-0.4, -0.2) is 32.6 Å². The van der Waals surface area contributed by atoms with Crippen LogP contribution >= 0.6 is 0 Å². The molecule has 0 amide bonds. The van der Waals surface area contributed by atoms with Crippen LogP contribution in [0.1, 0.15) is 83.1 Å². The number of hydrogen-bond donors (Lipinski definition) is 3. The van der Waals surface area contributed by atoms with E-state index in [0.29, 0.717) is 12.8 Å². The van der Waals surface area contributed by atoms with Gasteiger partial charge in [-0.25, -0.2) is 4.79 Å². The molecule has 1 aromatic rings. The molecule has 4 saturated carbocycles. The van der Waals surface area contributed by atoms with E-state index in [2.05, 4.69) is 13.8 Å². The number of rotatable bonds is 1. The van der Waals surface area contributed by atoms with Crippen LogP contribution < -0.4 is 5.63 Å². The van der Waals surface area contributed by atoms with Crippen LogP contribution in [-0.2, 0) is 0 Å². The van der Waals surface area contributed by atoms with Crippen molar-refractivity contribution >= 4 is 0 Å². The molecule has 4 unspecified atom stereocenters. The summed E-state index contributed by atoms with van der Waals surface area (Å²) in [5.41, 5.74) is -1.41. The van der Waals surface area contributed by atoms with E-state index in [1.165, 1.54) is 6.07 Å². The molecule has 8 atom stereocenters. The Labute approximate surface area is 172 Å². The zero-order valence-electron chi connectivity index (χ0n) is 17.6. The van der Waals surface area contributed by atoms with Gasteiger partial charge in [-0.05, 0) is 86.2 Å². The first-order chi connectivity index (χ1) is 13.6. The lowest BCUT2D eigenvalue weighted by Crippen LogP contribution is -2.67. The maximum Gasteiger partial charge on any atom is 0.335 e. The highest BCUT2D eigenvalue weighted by atomic mass is 16.4. The van der Waals surface area contributed by atoms with Crippen LogP contribution in [0.15, 0.2) is 27.6 Å². The molecule has 5 nitrogen and oxygen atoms in total. The first-order valence-corrected chi connectivity index (χ1v) is 11.3. The Morgan fingerprint density at radius 3 is 2.38 bits per heavy atom. The van der Waals surface area contributed by atoms with E-state index in [4.69, 9.17) is 4.42 Å². The van der Waals surface area contributed by atoms with Crippen LogP contribution in [0.3, 0.4) is 0 Å². The SMILES string of the molecule is C[C@]12CCC(O)C[C@@]1(O)CCC1C2CC[C@]2(C)C(c3ccc(=O)oc3)CC[C@]12O. The maximum absolute atomic E-state index is 12.2. The molecule has 0 saturated heterocycles. The maximum atomic E-state index is 12.2. The molecular formula is C24H34O5. The minimum Gasteiger partial charge on any atom is -0.431 e. The summed E-state index contributed by atoms with van der Waals surface area (Å²) in [5, 5.41) is 33.9.